The quantitative estimate of drug-likeness (QED) is 0.523. The number of rotatable bonds is 7. The molecule has 2 aromatic carbocycles. The standard InChI is InChI=1S/C27H33N3O2/c1-19-26(20(2)30(3)29-19)17-21-9-13-24(14-10-21)28-27(31)18-32-25-15-11-23(12-16-25)22-7-5-4-6-8-22/h9-16,22H,4-8,17-18H2,1-3H3,(H,28,31). The SMILES string of the molecule is Cc1nn(C)c(C)c1Cc1ccc(NC(=O)COc2ccc(C3CCCCC3)cc2)cc1. The molecule has 0 aliphatic heterocycles. The minimum Gasteiger partial charge on any atom is -0.484 e. The Morgan fingerprint density at radius 2 is 1.72 bits per heavy atom. The van der Waals surface area contributed by atoms with E-state index in [1.807, 2.05) is 55.1 Å². The van der Waals surface area contributed by atoms with Gasteiger partial charge in [-0.3, -0.25) is 9.48 Å². The first-order valence-corrected chi connectivity index (χ1v) is 11.6. The highest BCUT2D eigenvalue weighted by Crippen LogP contribution is 2.33. The summed E-state index contributed by atoms with van der Waals surface area (Å²) in [6, 6.07) is 16.2. The van der Waals surface area contributed by atoms with Crippen LogP contribution in [-0.4, -0.2) is 22.3 Å². The van der Waals surface area contributed by atoms with E-state index in [1.165, 1.54) is 54.5 Å². The number of hydrogen-bond donors (Lipinski definition) is 1. The van der Waals surface area contributed by atoms with Gasteiger partial charge >= 0.3 is 0 Å². The predicted molar refractivity (Wildman–Crippen MR) is 128 cm³/mol. The van der Waals surface area contributed by atoms with Crippen molar-refractivity contribution < 1.29 is 9.53 Å². The molecule has 5 nitrogen and oxygen atoms in total. The molecule has 1 fully saturated rings. The number of aryl methyl sites for hydroxylation is 2. The molecule has 0 radical (unpaired) electrons. The van der Waals surface area contributed by atoms with Gasteiger partial charge in [0.25, 0.3) is 5.91 Å². The van der Waals surface area contributed by atoms with E-state index in [0.29, 0.717) is 5.92 Å². The van der Waals surface area contributed by atoms with Gasteiger partial charge in [0.2, 0.25) is 0 Å². The maximum absolute atomic E-state index is 12.3. The van der Waals surface area contributed by atoms with Gasteiger partial charge in [0.15, 0.2) is 6.61 Å². The molecule has 168 valence electrons. The Balaban J connectivity index is 1.26. The maximum Gasteiger partial charge on any atom is 0.262 e. The van der Waals surface area contributed by atoms with E-state index >= 15 is 0 Å². The number of hydrogen-bond acceptors (Lipinski definition) is 3. The molecular formula is C27H33N3O2. The zero-order chi connectivity index (χ0) is 22.5. The second-order valence-electron chi connectivity index (χ2n) is 8.89. The van der Waals surface area contributed by atoms with Gasteiger partial charge < -0.3 is 10.1 Å². The Morgan fingerprint density at radius 1 is 1.03 bits per heavy atom. The number of benzene rings is 2. The van der Waals surface area contributed by atoms with Crippen molar-refractivity contribution in [3.05, 3.63) is 76.6 Å². The first-order valence-electron chi connectivity index (χ1n) is 11.6. The topological polar surface area (TPSA) is 56.2 Å². The molecule has 1 saturated carbocycles. The smallest absolute Gasteiger partial charge is 0.262 e. The van der Waals surface area contributed by atoms with Crippen molar-refractivity contribution in [3.8, 4) is 5.75 Å². The molecular weight excluding hydrogens is 398 g/mol. The molecule has 4 rings (SSSR count). The molecule has 1 aliphatic rings. The van der Waals surface area contributed by atoms with Gasteiger partial charge in [-0.1, -0.05) is 43.5 Å². The summed E-state index contributed by atoms with van der Waals surface area (Å²) in [6.45, 7) is 4.13. The van der Waals surface area contributed by atoms with Crippen LogP contribution < -0.4 is 10.1 Å². The van der Waals surface area contributed by atoms with E-state index in [0.717, 1.165) is 23.6 Å². The summed E-state index contributed by atoms with van der Waals surface area (Å²) in [5.41, 5.74) is 6.85. The zero-order valence-corrected chi connectivity index (χ0v) is 19.4. The summed E-state index contributed by atoms with van der Waals surface area (Å²) in [5.74, 6) is 1.25. The fourth-order valence-electron chi connectivity index (χ4n) is 4.60. The molecule has 0 spiro atoms. The highest BCUT2D eigenvalue weighted by Gasteiger charge is 2.15. The predicted octanol–water partition coefficient (Wildman–Crippen LogP) is 5.69. The van der Waals surface area contributed by atoms with E-state index in [2.05, 4.69) is 29.5 Å². The first-order chi connectivity index (χ1) is 15.5. The first kappa shape index (κ1) is 22.1. The minimum atomic E-state index is -0.159. The highest BCUT2D eigenvalue weighted by atomic mass is 16.5. The van der Waals surface area contributed by atoms with E-state index in [1.54, 1.807) is 0 Å². The molecule has 1 aliphatic carbocycles. The van der Waals surface area contributed by atoms with Crippen molar-refractivity contribution in [2.45, 2.75) is 58.3 Å². The van der Waals surface area contributed by atoms with Gasteiger partial charge in [-0.2, -0.15) is 5.10 Å². The normalized spacial score (nSPS) is 14.3. The van der Waals surface area contributed by atoms with Crippen LogP contribution in [0.4, 0.5) is 5.69 Å². The van der Waals surface area contributed by atoms with Crippen LogP contribution in [0.3, 0.4) is 0 Å². The van der Waals surface area contributed by atoms with Crippen molar-refractivity contribution in [1.29, 1.82) is 0 Å². The fraction of sp³-hybridized carbons (Fsp3) is 0.407. The average Bonchev–Trinajstić information content (AvgIpc) is 3.06. The lowest BCUT2D eigenvalue weighted by Gasteiger charge is -2.22. The minimum absolute atomic E-state index is 0.00139. The molecule has 1 heterocycles. The Kier molecular flexibility index (Phi) is 6.93. The molecule has 1 aromatic heterocycles. The van der Waals surface area contributed by atoms with Crippen LogP contribution in [0, 0.1) is 13.8 Å². The van der Waals surface area contributed by atoms with Crippen LogP contribution >= 0.6 is 0 Å². The Labute approximate surface area is 190 Å². The van der Waals surface area contributed by atoms with Crippen LogP contribution in [0.25, 0.3) is 0 Å². The van der Waals surface area contributed by atoms with Crippen LogP contribution in [-0.2, 0) is 18.3 Å². The third-order valence-corrected chi connectivity index (χ3v) is 6.60. The van der Waals surface area contributed by atoms with Crippen LogP contribution in [0.5, 0.6) is 5.75 Å². The van der Waals surface area contributed by atoms with Crippen LogP contribution in [0.1, 0.15) is 66.1 Å². The van der Waals surface area contributed by atoms with Crippen molar-refractivity contribution in [3.63, 3.8) is 0 Å². The lowest BCUT2D eigenvalue weighted by atomic mass is 9.84. The Bertz CT molecular complexity index is 1050. The molecule has 32 heavy (non-hydrogen) atoms. The number of ether oxygens (including phenoxy) is 1. The Morgan fingerprint density at radius 3 is 2.34 bits per heavy atom. The van der Waals surface area contributed by atoms with Crippen molar-refractivity contribution >= 4 is 11.6 Å². The summed E-state index contributed by atoms with van der Waals surface area (Å²) >= 11 is 0. The molecule has 1 amide bonds. The summed E-state index contributed by atoms with van der Waals surface area (Å²) in [7, 11) is 1.97. The van der Waals surface area contributed by atoms with Gasteiger partial charge in [-0.15, -0.1) is 0 Å². The summed E-state index contributed by atoms with van der Waals surface area (Å²) in [5, 5.41) is 7.40. The van der Waals surface area contributed by atoms with Gasteiger partial charge in [0, 0.05) is 30.4 Å². The van der Waals surface area contributed by atoms with E-state index < -0.39 is 0 Å². The third kappa shape index (κ3) is 5.39. The number of nitrogens with zero attached hydrogens (tertiary/aromatic N) is 2. The van der Waals surface area contributed by atoms with Crippen molar-refractivity contribution in [2.24, 2.45) is 7.05 Å². The van der Waals surface area contributed by atoms with E-state index in [4.69, 9.17) is 4.74 Å². The monoisotopic (exact) mass is 431 g/mol. The van der Waals surface area contributed by atoms with E-state index in [9.17, 15) is 4.79 Å². The van der Waals surface area contributed by atoms with Gasteiger partial charge in [0.1, 0.15) is 5.75 Å². The lowest BCUT2D eigenvalue weighted by molar-refractivity contribution is -0.118. The van der Waals surface area contributed by atoms with E-state index in [-0.39, 0.29) is 12.5 Å². The van der Waals surface area contributed by atoms with Gasteiger partial charge in [0.05, 0.1) is 5.69 Å². The molecule has 0 saturated heterocycles. The number of nitrogens with one attached hydrogen (secondary N) is 1. The summed E-state index contributed by atoms with van der Waals surface area (Å²) < 4.78 is 7.61. The lowest BCUT2D eigenvalue weighted by Crippen LogP contribution is -2.20. The molecule has 0 atom stereocenters. The molecule has 5 heteroatoms. The summed E-state index contributed by atoms with van der Waals surface area (Å²) in [6.07, 6.45) is 7.41. The fourth-order valence-corrected chi connectivity index (χ4v) is 4.60. The number of carbonyl (C=O) groups is 1. The summed E-state index contributed by atoms with van der Waals surface area (Å²) in [4.78, 5) is 12.3. The number of amides is 1. The highest BCUT2D eigenvalue weighted by molar-refractivity contribution is 5.91. The van der Waals surface area contributed by atoms with Gasteiger partial charge in [-0.05, 0) is 68.0 Å². The maximum atomic E-state index is 12.3. The number of carbonyl (C=O) groups excluding carboxylic acids is 1. The van der Waals surface area contributed by atoms with Crippen LogP contribution in [0.2, 0.25) is 0 Å². The van der Waals surface area contributed by atoms with Crippen molar-refractivity contribution in [1.82, 2.24) is 9.78 Å². The number of aromatic nitrogens is 2. The second kappa shape index (κ2) is 10.0. The molecule has 1 N–H and O–H groups in total. The molecule has 3 aromatic rings. The third-order valence-electron chi connectivity index (χ3n) is 6.60. The second-order valence-corrected chi connectivity index (χ2v) is 8.89. The Hall–Kier alpha value is -3.08. The van der Waals surface area contributed by atoms with Crippen LogP contribution in [0.15, 0.2) is 48.5 Å². The molecule has 0 unspecified atom stereocenters. The largest absolute Gasteiger partial charge is 0.484 e. The molecule has 0 bridgehead atoms. The average molecular weight is 432 g/mol. The van der Waals surface area contributed by atoms with Gasteiger partial charge in [-0.25, -0.2) is 0 Å². The van der Waals surface area contributed by atoms with Crippen molar-refractivity contribution in [2.75, 3.05) is 11.9 Å². The zero-order valence-electron chi connectivity index (χ0n) is 19.4. The number of anilines is 1.